The number of allylic oxidation sites excluding steroid dienone is 2. The lowest BCUT2D eigenvalue weighted by Gasteiger charge is -2.38. The summed E-state index contributed by atoms with van der Waals surface area (Å²) in [5.41, 5.74) is 0.407. The summed E-state index contributed by atoms with van der Waals surface area (Å²) < 4.78 is 25.7. The average molecular weight is 854 g/mol. The Balaban J connectivity index is 2.11. The highest BCUT2D eigenvalue weighted by Gasteiger charge is 2.40. The van der Waals surface area contributed by atoms with Gasteiger partial charge in [0.25, 0.3) is 5.91 Å². The number of rotatable bonds is 6. The van der Waals surface area contributed by atoms with Crippen molar-refractivity contribution in [3.8, 4) is 0 Å². The second-order valence-electron chi connectivity index (χ2n) is 19.3. The zero-order valence-electron chi connectivity index (χ0n) is 37.8. The maximum absolute atomic E-state index is 14.3. The molecule has 16 heteroatoms. The van der Waals surface area contributed by atoms with Gasteiger partial charge in [-0.05, 0) is 57.8 Å². The van der Waals surface area contributed by atoms with Crippen LogP contribution in [0.15, 0.2) is 52.9 Å². The molecule has 2 aromatic rings. The first-order valence-corrected chi connectivity index (χ1v) is 26.8. The molecule has 0 aliphatic carbocycles. The summed E-state index contributed by atoms with van der Waals surface area (Å²) in [6, 6.07) is -1.28. The number of ketones is 1. The number of amides is 2. The van der Waals surface area contributed by atoms with Crippen LogP contribution in [0.4, 0.5) is 4.79 Å². The van der Waals surface area contributed by atoms with Crippen LogP contribution in [0.5, 0.6) is 0 Å². The second kappa shape index (κ2) is 19.8. The van der Waals surface area contributed by atoms with E-state index >= 15 is 0 Å². The summed E-state index contributed by atoms with van der Waals surface area (Å²) in [4.78, 5) is 76.7. The third-order valence-corrected chi connectivity index (χ3v) is 16.2. The molecule has 2 aromatic heterocycles. The van der Waals surface area contributed by atoms with Crippen LogP contribution in [0.1, 0.15) is 97.7 Å². The molecular formula is C43H67N5O9Si2. The zero-order valence-corrected chi connectivity index (χ0v) is 39.8. The predicted molar refractivity (Wildman–Crippen MR) is 233 cm³/mol. The Morgan fingerprint density at radius 1 is 1.03 bits per heavy atom. The molecule has 59 heavy (non-hydrogen) atoms. The van der Waals surface area contributed by atoms with Gasteiger partial charge >= 0.3 is 12.1 Å². The van der Waals surface area contributed by atoms with Crippen molar-refractivity contribution in [2.75, 3.05) is 6.54 Å². The summed E-state index contributed by atoms with van der Waals surface area (Å²) in [5.74, 6) is -2.42. The minimum Gasteiger partial charge on any atom is -0.460 e. The lowest BCUT2D eigenvalue weighted by atomic mass is 9.94. The summed E-state index contributed by atoms with van der Waals surface area (Å²) in [6.07, 6.45) is 9.30. The number of nitrogens with zero attached hydrogens (tertiary/aromatic N) is 3. The molecule has 4 atom stereocenters. The molecule has 0 unspecified atom stereocenters. The van der Waals surface area contributed by atoms with Gasteiger partial charge in [0.05, 0.1) is 18.2 Å². The van der Waals surface area contributed by atoms with Gasteiger partial charge in [-0.15, -0.1) is 0 Å². The molecular weight excluding hydrogens is 787 g/mol. The molecule has 3 rings (SSSR count). The van der Waals surface area contributed by atoms with E-state index in [1.165, 1.54) is 23.2 Å². The van der Waals surface area contributed by atoms with Crippen molar-refractivity contribution in [3.63, 3.8) is 0 Å². The molecule has 2 N–H and O–H groups in total. The Bertz CT molecular complexity index is 1920. The van der Waals surface area contributed by atoms with Crippen LogP contribution in [-0.4, -0.2) is 91.0 Å². The van der Waals surface area contributed by atoms with Crippen LogP contribution >= 0.6 is 0 Å². The van der Waals surface area contributed by atoms with Gasteiger partial charge < -0.3 is 29.0 Å². The first kappa shape index (κ1) is 48.9. The van der Waals surface area contributed by atoms with Gasteiger partial charge in [-0.2, -0.15) is 0 Å². The molecule has 0 fully saturated rings. The number of esters is 1. The Hall–Kier alpha value is -4.42. The summed E-state index contributed by atoms with van der Waals surface area (Å²) >= 11 is 0. The highest BCUT2D eigenvalue weighted by Crippen LogP contribution is 2.38. The van der Waals surface area contributed by atoms with E-state index in [4.69, 9.17) is 18.3 Å². The molecule has 0 radical (unpaired) electrons. The van der Waals surface area contributed by atoms with Crippen molar-refractivity contribution in [2.24, 2.45) is 11.8 Å². The van der Waals surface area contributed by atoms with Gasteiger partial charge in [-0.3, -0.25) is 14.4 Å². The number of carbonyl (C=O) groups excluding carboxylic acids is 5. The third kappa shape index (κ3) is 15.0. The van der Waals surface area contributed by atoms with Gasteiger partial charge in [0.2, 0.25) is 11.8 Å². The molecule has 2 bridgehead atoms. The smallest absolute Gasteiger partial charge is 0.419 e. The van der Waals surface area contributed by atoms with Gasteiger partial charge in [0, 0.05) is 31.5 Å². The van der Waals surface area contributed by atoms with E-state index < -0.39 is 58.2 Å². The van der Waals surface area contributed by atoms with Crippen LogP contribution in [0.3, 0.4) is 0 Å². The number of hydrogen-bond acceptors (Lipinski definition) is 11. The number of cyclic esters (lactones) is 1. The first-order chi connectivity index (χ1) is 27.1. The first-order valence-electron chi connectivity index (χ1n) is 20.3. The quantitative estimate of drug-likeness (QED) is 0.230. The highest BCUT2D eigenvalue weighted by molar-refractivity contribution is 6.88. The number of fused-ring (bicyclic) bond motifs is 2. The van der Waals surface area contributed by atoms with E-state index in [-0.39, 0.29) is 66.0 Å². The van der Waals surface area contributed by atoms with Crippen LogP contribution in [0, 0.1) is 11.8 Å². The van der Waals surface area contributed by atoms with Gasteiger partial charge in [0.1, 0.15) is 43.3 Å². The van der Waals surface area contributed by atoms with Crippen molar-refractivity contribution >= 4 is 51.4 Å². The Kier molecular flexibility index (Phi) is 16.4. The molecule has 1 aliphatic heterocycles. The average Bonchev–Trinajstić information content (AvgIpc) is 3.73. The molecule has 1 aliphatic rings. The Morgan fingerprint density at radius 3 is 2.29 bits per heavy atom. The predicted octanol–water partition coefficient (Wildman–Crippen LogP) is 6.83. The number of hydrogen-bond donors (Lipinski definition) is 2. The Morgan fingerprint density at radius 2 is 1.69 bits per heavy atom. The van der Waals surface area contributed by atoms with E-state index in [1.54, 1.807) is 26.8 Å². The number of imidazole rings is 1. The largest absolute Gasteiger partial charge is 0.460 e. The van der Waals surface area contributed by atoms with E-state index in [9.17, 15) is 24.0 Å². The highest BCUT2D eigenvalue weighted by atomic mass is 28.4. The lowest BCUT2D eigenvalue weighted by molar-refractivity contribution is -0.155. The number of nitrogens with one attached hydrogen (secondary N) is 2. The summed E-state index contributed by atoms with van der Waals surface area (Å²) in [6.45, 7) is 29.7. The van der Waals surface area contributed by atoms with Crippen molar-refractivity contribution in [3.05, 3.63) is 65.8 Å². The number of carbonyl (C=O) groups is 5. The van der Waals surface area contributed by atoms with Crippen LogP contribution in [0.25, 0.3) is 0 Å². The topological polar surface area (TPSA) is 181 Å². The number of Topliss-reactive ketones (excluding diaryl/α,β-unsaturated/α-hetero) is 1. The number of oxazole rings is 1. The minimum atomic E-state index is -2.40. The fraction of sp³-hybridized carbons (Fsp3) is 0.605. The molecule has 0 aromatic carbocycles. The van der Waals surface area contributed by atoms with Crippen LogP contribution < -0.4 is 16.0 Å². The fourth-order valence-electron chi connectivity index (χ4n) is 6.00. The van der Waals surface area contributed by atoms with Gasteiger partial charge in [-0.25, -0.2) is 24.1 Å². The fourth-order valence-corrected chi connectivity index (χ4v) is 8.56. The van der Waals surface area contributed by atoms with Gasteiger partial charge in [-0.1, -0.05) is 91.1 Å². The van der Waals surface area contributed by atoms with Crippen LogP contribution in [-0.2, 0) is 41.1 Å². The summed E-state index contributed by atoms with van der Waals surface area (Å²) in [5, 5.41) is 5.92. The van der Waals surface area contributed by atoms with Crippen molar-refractivity contribution < 1.29 is 42.3 Å². The standard InChI is InChI=1S/C43H67N5O9Si2/c1-27(2)37-29(4)18-19-34(50)44-20-16-17-28(3)21-32(57-59(14,15)43(8,9)10)23-31(49)24-35-47-36(40(54-35)58(11,12)13)38(51)46-33(39(52)55-37)22-30-25-48(26-45-30)41(53)56-42(5,6)7/h16-19,21,25-27,29,32-33,37H,20,22-24H2,1-15H3,(H,44,50)(H,46,51)/b17-16+,19-18+,28-21+/t29-,32-,33+,37-/m1/s1. The van der Waals surface area contributed by atoms with Crippen molar-refractivity contribution in [2.45, 2.75) is 150 Å². The van der Waals surface area contributed by atoms with E-state index in [2.05, 4.69) is 54.5 Å². The van der Waals surface area contributed by atoms with Crippen molar-refractivity contribution in [1.29, 1.82) is 0 Å². The van der Waals surface area contributed by atoms with E-state index in [0.717, 1.165) is 5.57 Å². The number of ether oxygens (including phenoxy) is 2. The normalized spacial score (nSPS) is 23.4. The number of aromatic nitrogens is 3. The zero-order chi connectivity index (χ0) is 44.7. The molecule has 2 amide bonds. The van der Waals surface area contributed by atoms with Crippen molar-refractivity contribution in [1.82, 2.24) is 25.2 Å². The van der Waals surface area contributed by atoms with Crippen LogP contribution in [0.2, 0.25) is 37.8 Å². The second-order valence-corrected chi connectivity index (χ2v) is 29.0. The summed E-state index contributed by atoms with van der Waals surface area (Å²) in [7, 11) is -4.72. The van der Waals surface area contributed by atoms with E-state index in [0.29, 0.717) is 11.1 Å². The maximum Gasteiger partial charge on any atom is 0.419 e. The lowest BCUT2D eigenvalue weighted by Crippen LogP contribution is -2.48. The molecule has 14 nitrogen and oxygen atoms in total. The van der Waals surface area contributed by atoms with E-state index in [1.807, 2.05) is 65.6 Å². The molecule has 3 heterocycles. The molecule has 0 spiro atoms. The SMILES string of the molecule is CC1=C\[C@@H](O[Si](C)(C)C(C)(C)C)CC(=O)Cc2nc(c([Si](C)(C)C)o2)C(=O)N[C@@H](Cc2cn(C(=O)OC(C)(C)C)cn2)C(=O)O[C@H](C(C)C)[C@H](C)/C=C/C(=O)NC\C=C\1. The monoisotopic (exact) mass is 853 g/mol. The Labute approximate surface area is 352 Å². The molecule has 0 saturated carbocycles. The maximum atomic E-state index is 14.3. The molecule has 0 saturated heterocycles. The minimum absolute atomic E-state index is 0.0138. The van der Waals surface area contributed by atoms with Gasteiger partial charge in [0.15, 0.2) is 14.0 Å². The molecule has 326 valence electrons. The third-order valence-electron chi connectivity index (χ3n) is 10.0.